The summed E-state index contributed by atoms with van der Waals surface area (Å²) in [7, 11) is 0. The summed E-state index contributed by atoms with van der Waals surface area (Å²) < 4.78 is 5.45. The normalized spacial score (nSPS) is 11.8. The number of benzene rings is 1. The highest BCUT2D eigenvalue weighted by Crippen LogP contribution is 2.26. The van der Waals surface area contributed by atoms with Crippen LogP contribution in [0.4, 0.5) is 16.3 Å². The largest absolute Gasteiger partial charge is 0.467 e. The lowest BCUT2D eigenvalue weighted by atomic mass is 10.2. The van der Waals surface area contributed by atoms with Crippen LogP contribution in [0.25, 0.3) is 0 Å². The van der Waals surface area contributed by atoms with Crippen molar-refractivity contribution in [2.24, 2.45) is 0 Å². The summed E-state index contributed by atoms with van der Waals surface area (Å²) in [5.74, 6) is 1.21. The van der Waals surface area contributed by atoms with E-state index in [1.54, 1.807) is 59.8 Å². The average molecular weight is 342 g/mol. The van der Waals surface area contributed by atoms with E-state index in [0.717, 1.165) is 0 Å². The highest BCUT2D eigenvalue weighted by Gasteiger charge is 2.26. The first-order valence-corrected chi connectivity index (χ1v) is 7.83. The third-order valence-electron chi connectivity index (χ3n) is 3.55. The van der Waals surface area contributed by atoms with Crippen LogP contribution in [0, 0.1) is 0 Å². The second kappa shape index (κ2) is 7.19. The molecule has 0 aliphatic carbocycles. The van der Waals surface area contributed by atoms with Crippen LogP contribution in [0.2, 0.25) is 5.02 Å². The minimum atomic E-state index is -0.317. The average Bonchev–Trinajstić information content (AvgIpc) is 3.13. The number of urea groups is 1. The van der Waals surface area contributed by atoms with Crippen molar-refractivity contribution >= 4 is 29.1 Å². The van der Waals surface area contributed by atoms with E-state index in [9.17, 15) is 4.79 Å². The molecule has 2 heterocycles. The number of amides is 2. The standard InChI is InChI=1S/C18H16ClN3O2/c1-13(16-5-4-12-24-16)22(17-6-2-3-11-20-17)18(23)21-15-9-7-14(19)8-10-15/h2-13H,1H3,(H,21,23)/t13-/m1/s1. The smallest absolute Gasteiger partial charge is 0.328 e. The Kier molecular flexibility index (Phi) is 4.82. The van der Waals surface area contributed by atoms with Gasteiger partial charge in [0.25, 0.3) is 0 Å². The zero-order chi connectivity index (χ0) is 16.9. The SMILES string of the molecule is C[C@H](c1ccco1)N(C(=O)Nc1ccc(Cl)cc1)c1ccccn1. The van der Waals surface area contributed by atoms with Crippen molar-refractivity contribution in [3.63, 3.8) is 0 Å². The van der Waals surface area contributed by atoms with Crippen LogP contribution in [-0.2, 0) is 0 Å². The molecule has 0 unspecified atom stereocenters. The lowest BCUT2D eigenvalue weighted by Crippen LogP contribution is -2.37. The zero-order valence-electron chi connectivity index (χ0n) is 13.0. The van der Waals surface area contributed by atoms with Gasteiger partial charge in [0.1, 0.15) is 11.6 Å². The molecule has 0 fully saturated rings. The molecule has 0 saturated heterocycles. The van der Waals surface area contributed by atoms with Gasteiger partial charge in [0.15, 0.2) is 0 Å². The summed E-state index contributed by atoms with van der Waals surface area (Å²) >= 11 is 5.88. The number of rotatable bonds is 4. The molecule has 2 amide bonds. The molecule has 1 atom stereocenters. The predicted molar refractivity (Wildman–Crippen MR) is 94.3 cm³/mol. The molecule has 3 aromatic rings. The van der Waals surface area contributed by atoms with Gasteiger partial charge in [-0.2, -0.15) is 0 Å². The topological polar surface area (TPSA) is 58.4 Å². The fourth-order valence-corrected chi connectivity index (χ4v) is 2.47. The van der Waals surface area contributed by atoms with Crippen molar-refractivity contribution in [3.8, 4) is 0 Å². The van der Waals surface area contributed by atoms with Crippen molar-refractivity contribution in [2.75, 3.05) is 10.2 Å². The fourth-order valence-electron chi connectivity index (χ4n) is 2.35. The van der Waals surface area contributed by atoms with Crippen molar-refractivity contribution in [2.45, 2.75) is 13.0 Å². The number of hydrogen-bond donors (Lipinski definition) is 1. The van der Waals surface area contributed by atoms with Gasteiger partial charge >= 0.3 is 6.03 Å². The number of furan rings is 1. The van der Waals surface area contributed by atoms with E-state index in [1.165, 1.54) is 0 Å². The van der Waals surface area contributed by atoms with Crippen molar-refractivity contribution in [1.82, 2.24) is 4.98 Å². The number of aromatic nitrogens is 1. The Morgan fingerprint density at radius 2 is 1.96 bits per heavy atom. The molecular weight excluding hydrogens is 326 g/mol. The molecule has 5 nitrogen and oxygen atoms in total. The molecule has 1 aromatic carbocycles. The quantitative estimate of drug-likeness (QED) is 0.715. The van der Waals surface area contributed by atoms with E-state index in [2.05, 4.69) is 10.3 Å². The fraction of sp³-hybridized carbons (Fsp3) is 0.111. The molecule has 0 bridgehead atoms. The number of nitrogens with zero attached hydrogens (tertiary/aromatic N) is 2. The molecule has 3 rings (SSSR count). The van der Waals surface area contributed by atoms with Crippen molar-refractivity contribution in [1.29, 1.82) is 0 Å². The summed E-state index contributed by atoms with van der Waals surface area (Å²) in [5.41, 5.74) is 0.650. The molecule has 122 valence electrons. The molecule has 0 aliphatic rings. The molecular formula is C18H16ClN3O2. The van der Waals surface area contributed by atoms with Crippen molar-refractivity contribution in [3.05, 3.63) is 77.8 Å². The second-order valence-corrected chi connectivity index (χ2v) is 5.62. The lowest BCUT2D eigenvalue weighted by molar-refractivity contribution is 0.254. The highest BCUT2D eigenvalue weighted by molar-refractivity contribution is 6.30. The monoisotopic (exact) mass is 341 g/mol. The van der Waals surface area contributed by atoms with Gasteiger partial charge in [-0.3, -0.25) is 4.90 Å². The van der Waals surface area contributed by atoms with Crippen LogP contribution in [-0.4, -0.2) is 11.0 Å². The summed E-state index contributed by atoms with van der Waals surface area (Å²) in [5, 5.41) is 3.47. The molecule has 24 heavy (non-hydrogen) atoms. The van der Waals surface area contributed by atoms with E-state index in [4.69, 9.17) is 16.0 Å². The summed E-state index contributed by atoms with van der Waals surface area (Å²) in [4.78, 5) is 18.7. The molecule has 2 aromatic heterocycles. The number of carbonyl (C=O) groups excluding carboxylic acids is 1. The maximum atomic E-state index is 12.8. The van der Waals surface area contributed by atoms with Gasteiger partial charge in [-0.25, -0.2) is 9.78 Å². The van der Waals surface area contributed by atoms with Gasteiger partial charge in [-0.1, -0.05) is 17.7 Å². The van der Waals surface area contributed by atoms with Gasteiger partial charge in [0.2, 0.25) is 0 Å². The van der Waals surface area contributed by atoms with Crippen LogP contribution in [0.15, 0.2) is 71.5 Å². The highest BCUT2D eigenvalue weighted by atomic mass is 35.5. The van der Waals surface area contributed by atoms with E-state index in [1.807, 2.05) is 19.1 Å². The Balaban J connectivity index is 1.89. The second-order valence-electron chi connectivity index (χ2n) is 5.19. The van der Waals surface area contributed by atoms with Gasteiger partial charge in [0.05, 0.1) is 12.3 Å². The van der Waals surface area contributed by atoms with Gasteiger partial charge in [0, 0.05) is 16.9 Å². The Labute approximate surface area is 144 Å². The molecule has 0 spiro atoms. The first-order chi connectivity index (χ1) is 11.6. The maximum Gasteiger partial charge on any atom is 0.328 e. The Morgan fingerprint density at radius 1 is 1.17 bits per heavy atom. The van der Waals surface area contributed by atoms with E-state index >= 15 is 0 Å². The van der Waals surface area contributed by atoms with Gasteiger partial charge < -0.3 is 9.73 Å². The zero-order valence-corrected chi connectivity index (χ0v) is 13.8. The minimum Gasteiger partial charge on any atom is -0.467 e. The van der Waals surface area contributed by atoms with Crippen LogP contribution >= 0.6 is 11.6 Å². The molecule has 0 aliphatic heterocycles. The summed E-state index contributed by atoms with van der Waals surface area (Å²) in [6, 6.07) is 15.3. The van der Waals surface area contributed by atoms with E-state index in [0.29, 0.717) is 22.3 Å². The molecule has 0 radical (unpaired) electrons. The van der Waals surface area contributed by atoms with Crippen LogP contribution in [0.3, 0.4) is 0 Å². The minimum absolute atomic E-state index is 0.306. The van der Waals surface area contributed by atoms with E-state index < -0.39 is 0 Å². The van der Waals surface area contributed by atoms with E-state index in [-0.39, 0.29) is 12.1 Å². The van der Waals surface area contributed by atoms with Gasteiger partial charge in [-0.15, -0.1) is 0 Å². The first-order valence-electron chi connectivity index (χ1n) is 7.45. The third-order valence-corrected chi connectivity index (χ3v) is 3.80. The molecule has 0 saturated carbocycles. The Hall–Kier alpha value is -2.79. The first kappa shape index (κ1) is 16.1. The third kappa shape index (κ3) is 3.58. The number of hydrogen-bond acceptors (Lipinski definition) is 3. The Morgan fingerprint density at radius 3 is 2.58 bits per heavy atom. The number of carbonyl (C=O) groups is 1. The van der Waals surface area contributed by atoms with Crippen LogP contribution < -0.4 is 10.2 Å². The predicted octanol–water partition coefficient (Wildman–Crippen LogP) is 5.13. The van der Waals surface area contributed by atoms with Crippen LogP contribution in [0.1, 0.15) is 18.7 Å². The van der Waals surface area contributed by atoms with Crippen molar-refractivity contribution < 1.29 is 9.21 Å². The number of anilines is 2. The molecule has 6 heteroatoms. The van der Waals surface area contributed by atoms with Crippen LogP contribution in [0.5, 0.6) is 0 Å². The number of nitrogens with one attached hydrogen (secondary N) is 1. The molecule has 1 N–H and O–H groups in total. The number of pyridine rings is 1. The summed E-state index contributed by atoms with van der Waals surface area (Å²) in [6.07, 6.45) is 3.23. The summed E-state index contributed by atoms with van der Waals surface area (Å²) in [6.45, 7) is 1.88. The maximum absolute atomic E-state index is 12.8. The van der Waals surface area contributed by atoms with Gasteiger partial charge in [-0.05, 0) is 55.5 Å². The Bertz CT molecular complexity index is 789. The lowest BCUT2D eigenvalue weighted by Gasteiger charge is -2.27. The number of halogens is 1.